The summed E-state index contributed by atoms with van der Waals surface area (Å²) >= 11 is 1.12. The topological polar surface area (TPSA) is 141 Å². The molecule has 0 aromatic carbocycles. The van der Waals surface area contributed by atoms with Gasteiger partial charge < -0.3 is 29.3 Å². The van der Waals surface area contributed by atoms with Crippen LogP contribution in [0.3, 0.4) is 0 Å². The molecule has 14 heteroatoms. The zero-order chi connectivity index (χ0) is 29.1. The minimum absolute atomic E-state index is 0.00606. The van der Waals surface area contributed by atoms with Crippen LogP contribution in [0.2, 0.25) is 0 Å². The maximum absolute atomic E-state index is 13.4. The zero-order valence-corrected chi connectivity index (χ0v) is 24.5. The van der Waals surface area contributed by atoms with Gasteiger partial charge in [-0.25, -0.2) is 9.78 Å². The van der Waals surface area contributed by atoms with E-state index in [-0.39, 0.29) is 23.5 Å². The van der Waals surface area contributed by atoms with E-state index in [2.05, 4.69) is 14.7 Å². The quantitative estimate of drug-likeness (QED) is 0.346. The lowest BCUT2D eigenvalue weighted by Crippen LogP contribution is -2.55. The number of aryl methyl sites for hydroxylation is 1. The number of fused-ring (bicyclic) bond motifs is 1. The van der Waals surface area contributed by atoms with E-state index < -0.39 is 11.4 Å². The molecular formula is C27H35N7O6S. The molecule has 3 aromatic heterocycles. The molecule has 2 aliphatic rings. The summed E-state index contributed by atoms with van der Waals surface area (Å²) in [7, 11) is 4.71. The predicted octanol–water partition coefficient (Wildman–Crippen LogP) is 1.54. The molecule has 0 aliphatic carbocycles. The average molecular weight is 586 g/mol. The normalized spacial score (nSPS) is 17.4. The lowest BCUT2D eigenvalue weighted by atomic mass is 9.98. The van der Waals surface area contributed by atoms with E-state index in [9.17, 15) is 14.4 Å². The fourth-order valence-electron chi connectivity index (χ4n) is 4.99. The molecule has 0 bridgehead atoms. The Morgan fingerprint density at radius 1 is 1.24 bits per heavy atom. The molecule has 2 saturated heterocycles. The van der Waals surface area contributed by atoms with Gasteiger partial charge in [-0.2, -0.15) is 9.36 Å². The molecular weight excluding hydrogens is 550 g/mol. The highest BCUT2D eigenvalue weighted by molar-refractivity contribution is 7.08. The van der Waals surface area contributed by atoms with Gasteiger partial charge in [0.25, 0.3) is 0 Å². The SMILES string of the molecule is COCCN(C)c1nsc(-n2cc(C(=O)OC)c(=O)c3c(C)cc(N4CC(C(=O)NCC5CCCCO5)C4)nc32)n1. The second-order valence-corrected chi connectivity index (χ2v) is 11.1. The monoisotopic (exact) mass is 585 g/mol. The van der Waals surface area contributed by atoms with Gasteiger partial charge in [0.1, 0.15) is 11.4 Å². The number of aromatic nitrogens is 4. The van der Waals surface area contributed by atoms with E-state index in [1.807, 2.05) is 22.9 Å². The van der Waals surface area contributed by atoms with Gasteiger partial charge in [-0.05, 0) is 37.8 Å². The van der Waals surface area contributed by atoms with E-state index in [1.54, 1.807) is 18.6 Å². The Bertz CT molecular complexity index is 1480. The average Bonchev–Trinajstić information content (AvgIpc) is 3.44. The summed E-state index contributed by atoms with van der Waals surface area (Å²) in [6.45, 7) is 5.19. The van der Waals surface area contributed by atoms with E-state index >= 15 is 0 Å². The molecule has 0 saturated carbocycles. The summed E-state index contributed by atoms with van der Waals surface area (Å²) in [4.78, 5) is 52.0. The van der Waals surface area contributed by atoms with E-state index in [0.29, 0.717) is 66.3 Å². The number of ether oxygens (including phenoxy) is 3. The summed E-state index contributed by atoms with van der Waals surface area (Å²) in [5.41, 5.74) is 0.415. The Balaban J connectivity index is 1.42. The molecule has 2 aliphatic heterocycles. The number of nitrogens with zero attached hydrogens (tertiary/aromatic N) is 6. The van der Waals surface area contributed by atoms with Crippen LogP contribution < -0.4 is 20.5 Å². The molecule has 0 radical (unpaired) electrons. The third kappa shape index (κ3) is 6.04. The number of anilines is 2. The number of esters is 1. The van der Waals surface area contributed by atoms with Crippen LogP contribution in [0.1, 0.15) is 35.2 Å². The van der Waals surface area contributed by atoms with Crippen LogP contribution in [0.15, 0.2) is 17.1 Å². The van der Waals surface area contributed by atoms with Gasteiger partial charge in [-0.15, -0.1) is 0 Å². The Labute approximate surface area is 241 Å². The Kier molecular flexibility index (Phi) is 8.80. The van der Waals surface area contributed by atoms with Crippen LogP contribution >= 0.6 is 11.5 Å². The largest absolute Gasteiger partial charge is 0.465 e. The third-order valence-electron chi connectivity index (χ3n) is 7.48. The number of likely N-dealkylation sites (N-methyl/N-ethyl adjacent to an activating group) is 1. The van der Waals surface area contributed by atoms with Crippen molar-refractivity contribution >= 4 is 46.2 Å². The van der Waals surface area contributed by atoms with E-state index in [1.165, 1.54) is 13.3 Å². The van der Waals surface area contributed by atoms with Crippen LogP contribution in [-0.2, 0) is 19.0 Å². The summed E-state index contributed by atoms with van der Waals surface area (Å²) in [6, 6.07) is 1.81. The fourth-order valence-corrected chi connectivity index (χ4v) is 5.68. The summed E-state index contributed by atoms with van der Waals surface area (Å²) in [5, 5.41) is 3.76. The highest BCUT2D eigenvalue weighted by Crippen LogP contribution is 2.29. The third-order valence-corrected chi connectivity index (χ3v) is 8.19. The standard InChI is InChI=1S/C27H35N7O6S/c1-16-11-20(33-13-17(14-33)24(36)28-12-18-7-5-6-9-40-18)29-23-21(16)22(35)19(25(37)39-4)15-34(23)27-30-26(31-41-27)32(2)8-10-38-3/h11,15,17-18H,5-10,12-14H2,1-4H3,(H,28,36). The van der Waals surface area contributed by atoms with Crippen LogP contribution in [0, 0.1) is 12.8 Å². The van der Waals surface area contributed by atoms with Crippen molar-refractivity contribution in [3.8, 4) is 5.13 Å². The minimum Gasteiger partial charge on any atom is -0.465 e. The molecule has 2 fully saturated rings. The Hall–Kier alpha value is -3.62. The zero-order valence-electron chi connectivity index (χ0n) is 23.7. The molecule has 0 spiro atoms. The lowest BCUT2D eigenvalue weighted by Gasteiger charge is -2.39. The van der Waals surface area contributed by atoms with Gasteiger partial charge in [0.15, 0.2) is 5.65 Å². The smallest absolute Gasteiger partial charge is 0.343 e. The van der Waals surface area contributed by atoms with Gasteiger partial charge in [-0.1, -0.05) is 0 Å². The number of pyridine rings is 2. The van der Waals surface area contributed by atoms with Crippen molar-refractivity contribution < 1.29 is 23.8 Å². The lowest BCUT2D eigenvalue weighted by molar-refractivity contribution is -0.126. The number of hydrogen-bond acceptors (Lipinski definition) is 12. The molecule has 1 N–H and O–H groups in total. The van der Waals surface area contributed by atoms with Crippen molar-refractivity contribution in [2.45, 2.75) is 32.3 Å². The van der Waals surface area contributed by atoms with Gasteiger partial charge in [0.2, 0.25) is 22.4 Å². The van der Waals surface area contributed by atoms with Gasteiger partial charge in [0, 0.05) is 64.7 Å². The number of amides is 1. The number of hydrogen-bond donors (Lipinski definition) is 1. The minimum atomic E-state index is -0.744. The van der Waals surface area contributed by atoms with Crippen LogP contribution in [0.25, 0.3) is 16.2 Å². The maximum Gasteiger partial charge on any atom is 0.343 e. The second-order valence-electron chi connectivity index (χ2n) is 10.4. The van der Waals surface area contributed by atoms with E-state index in [0.717, 1.165) is 37.4 Å². The summed E-state index contributed by atoms with van der Waals surface area (Å²) < 4.78 is 21.8. The molecule has 3 aromatic rings. The van der Waals surface area contributed by atoms with Crippen LogP contribution in [-0.4, -0.2) is 97.5 Å². The van der Waals surface area contributed by atoms with Crippen molar-refractivity contribution in [1.29, 1.82) is 0 Å². The molecule has 220 valence electrons. The first kappa shape index (κ1) is 28.9. The van der Waals surface area contributed by atoms with Gasteiger partial charge in [-0.3, -0.25) is 14.2 Å². The molecule has 1 amide bonds. The van der Waals surface area contributed by atoms with Crippen molar-refractivity contribution in [2.75, 3.05) is 70.5 Å². The molecule has 5 rings (SSSR count). The molecule has 41 heavy (non-hydrogen) atoms. The summed E-state index contributed by atoms with van der Waals surface area (Å²) in [5.74, 6) is 0.221. The van der Waals surface area contributed by atoms with Gasteiger partial charge in [0.05, 0.1) is 31.1 Å². The molecule has 13 nitrogen and oxygen atoms in total. The van der Waals surface area contributed by atoms with Crippen molar-refractivity contribution in [3.63, 3.8) is 0 Å². The van der Waals surface area contributed by atoms with Crippen LogP contribution in [0.4, 0.5) is 11.8 Å². The second kappa shape index (κ2) is 12.5. The van der Waals surface area contributed by atoms with Gasteiger partial charge >= 0.3 is 5.97 Å². The van der Waals surface area contributed by atoms with E-state index in [4.69, 9.17) is 19.2 Å². The van der Waals surface area contributed by atoms with Crippen molar-refractivity contribution in [1.82, 2.24) is 24.2 Å². The Morgan fingerprint density at radius 2 is 2.05 bits per heavy atom. The molecule has 1 atom stereocenters. The molecule has 5 heterocycles. The number of methoxy groups -OCH3 is 2. The number of nitrogens with one attached hydrogen (secondary N) is 1. The highest BCUT2D eigenvalue weighted by atomic mass is 32.1. The number of carbonyl (C=O) groups is 2. The first-order chi connectivity index (χ1) is 19.8. The van der Waals surface area contributed by atoms with Crippen LogP contribution in [0.5, 0.6) is 0 Å². The highest BCUT2D eigenvalue weighted by Gasteiger charge is 2.34. The predicted molar refractivity (Wildman–Crippen MR) is 154 cm³/mol. The first-order valence-corrected chi connectivity index (χ1v) is 14.4. The summed E-state index contributed by atoms with van der Waals surface area (Å²) in [6.07, 6.45) is 4.66. The first-order valence-electron chi connectivity index (χ1n) is 13.6. The maximum atomic E-state index is 13.4. The number of rotatable bonds is 10. The fraction of sp³-hybridized carbons (Fsp3) is 0.556. The van der Waals surface area contributed by atoms with Crippen molar-refractivity contribution in [2.24, 2.45) is 5.92 Å². The van der Waals surface area contributed by atoms with Crippen molar-refractivity contribution in [3.05, 3.63) is 33.6 Å². The molecule has 1 unspecified atom stereocenters. The number of carbonyl (C=O) groups excluding carboxylic acids is 2. The Morgan fingerprint density at radius 3 is 2.76 bits per heavy atom.